The first-order chi connectivity index (χ1) is 20.2. The van der Waals surface area contributed by atoms with Crippen molar-refractivity contribution in [2.75, 3.05) is 4.72 Å². The number of pyridine rings is 1. The first-order valence-corrected chi connectivity index (χ1v) is 14.3. The first kappa shape index (κ1) is 27.2. The van der Waals surface area contributed by atoms with Gasteiger partial charge in [-0.25, -0.2) is 13.4 Å². The molecule has 6 aromatic rings. The van der Waals surface area contributed by atoms with Gasteiger partial charge in [0.05, 0.1) is 22.1 Å². The molecular weight excluding hydrogens is 563 g/mol. The largest absolute Gasteiger partial charge is 0.417 e. The number of anilines is 1. The van der Waals surface area contributed by atoms with Crippen LogP contribution in [0.5, 0.6) is 0 Å². The predicted molar refractivity (Wildman–Crippen MR) is 153 cm³/mol. The number of aromatic nitrogens is 4. The van der Waals surface area contributed by atoms with Gasteiger partial charge in [-0.05, 0) is 41.5 Å². The third-order valence-electron chi connectivity index (χ3n) is 6.84. The number of para-hydroxylation sites is 1. The van der Waals surface area contributed by atoms with Gasteiger partial charge in [-0.15, -0.1) is 0 Å². The summed E-state index contributed by atoms with van der Waals surface area (Å²) >= 11 is 0. The Morgan fingerprint density at radius 3 is 2.24 bits per heavy atom. The predicted octanol–water partition coefficient (Wildman–Crippen LogP) is 7.02. The molecule has 0 radical (unpaired) electrons. The lowest BCUT2D eigenvalue weighted by molar-refractivity contribution is -0.139. The number of benzene rings is 3. The van der Waals surface area contributed by atoms with E-state index in [4.69, 9.17) is 0 Å². The Balaban J connectivity index is 1.38. The van der Waals surface area contributed by atoms with Gasteiger partial charge < -0.3 is 4.98 Å². The highest BCUT2D eigenvalue weighted by Crippen LogP contribution is 2.38. The normalized spacial score (nSPS) is 12.7. The lowest BCUT2D eigenvalue weighted by Crippen LogP contribution is -2.20. The van der Waals surface area contributed by atoms with Crippen LogP contribution >= 0.6 is 0 Å². The van der Waals surface area contributed by atoms with Crippen LogP contribution < -0.4 is 4.72 Å². The molecule has 0 amide bonds. The van der Waals surface area contributed by atoms with Gasteiger partial charge in [0.15, 0.2) is 5.82 Å². The van der Waals surface area contributed by atoms with Crippen LogP contribution in [0, 0.1) is 0 Å². The highest BCUT2D eigenvalue weighted by Gasteiger charge is 2.37. The summed E-state index contributed by atoms with van der Waals surface area (Å²) in [4.78, 5) is 15.4. The maximum Gasteiger partial charge on any atom is 0.417 e. The van der Waals surface area contributed by atoms with E-state index in [-0.39, 0.29) is 17.4 Å². The third kappa shape index (κ3) is 5.21. The Hall–Kier alpha value is -5.03. The number of nitrogens with zero attached hydrogens (tertiary/aromatic N) is 3. The summed E-state index contributed by atoms with van der Waals surface area (Å²) in [7, 11) is -4.65. The molecule has 210 valence electrons. The van der Waals surface area contributed by atoms with Crippen molar-refractivity contribution in [2.45, 2.75) is 17.0 Å². The number of nitrogens with one attached hydrogen (secondary N) is 2. The number of H-pyrrole nitrogens is 1. The quantitative estimate of drug-likeness (QED) is 0.210. The van der Waals surface area contributed by atoms with Crippen LogP contribution in [-0.2, 0) is 16.2 Å². The zero-order valence-corrected chi connectivity index (χ0v) is 22.6. The van der Waals surface area contributed by atoms with Crippen molar-refractivity contribution < 1.29 is 21.6 Å². The number of sulfonamides is 1. The van der Waals surface area contributed by atoms with Crippen LogP contribution in [0.15, 0.2) is 121 Å². The zero-order valence-electron chi connectivity index (χ0n) is 21.7. The Morgan fingerprint density at radius 1 is 0.762 bits per heavy atom. The molecule has 0 aliphatic rings. The van der Waals surface area contributed by atoms with Gasteiger partial charge in [-0.1, -0.05) is 60.7 Å². The molecule has 7 nitrogen and oxygen atoms in total. The Labute approximate surface area is 239 Å². The van der Waals surface area contributed by atoms with Crippen molar-refractivity contribution in [1.29, 1.82) is 0 Å². The monoisotopic (exact) mass is 585 g/mol. The van der Waals surface area contributed by atoms with Gasteiger partial charge in [0, 0.05) is 41.3 Å². The summed E-state index contributed by atoms with van der Waals surface area (Å²) in [5.41, 5.74) is 3.21. The van der Waals surface area contributed by atoms with Gasteiger partial charge in [-0.2, -0.15) is 13.2 Å². The Kier molecular flexibility index (Phi) is 6.95. The minimum atomic E-state index is -4.86. The molecule has 3 aromatic heterocycles. The van der Waals surface area contributed by atoms with Crippen LogP contribution in [0.1, 0.15) is 28.3 Å². The number of halogens is 3. The molecule has 0 saturated heterocycles. The third-order valence-corrected chi connectivity index (χ3v) is 8.24. The smallest absolute Gasteiger partial charge is 0.361 e. The van der Waals surface area contributed by atoms with Crippen LogP contribution in [0.3, 0.4) is 0 Å². The molecular formula is C31H22F3N5O2S. The van der Waals surface area contributed by atoms with E-state index in [1.54, 1.807) is 18.3 Å². The van der Waals surface area contributed by atoms with E-state index in [0.29, 0.717) is 5.56 Å². The number of alkyl halides is 3. The number of hydrogen-bond acceptors (Lipinski definition) is 5. The number of aromatic amines is 1. The van der Waals surface area contributed by atoms with Crippen LogP contribution in [-0.4, -0.2) is 28.4 Å². The van der Waals surface area contributed by atoms with E-state index in [9.17, 15) is 21.6 Å². The maximum atomic E-state index is 13.5. The maximum absolute atomic E-state index is 13.5. The lowest BCUT2D eigenvalue weighted by atomic mass is 9.87. The van der Waals surface area contributed by atoms with E-state index in [2.05, 4.69) is 24.7 Å². The highest BCUT2D eigenvalue weighted by atomic mass is 32.2. The first-order valence-electron chi connectivity index (χ1n) is 12.8. The number of rotatable bonds is 7. The fourth-order valence-corrected chi connectivity index (χ4v) is 6.21. The van der Waals surface area contributed by atoms with Gasteiger partial charge >= 0.3 is 6.18 Å². The molecule has 0 fully saturated rings. The van der Waals surface area contributed by atoms with Gasteiger partial charge in [-0.3, -0.25) is 14.7 Å². The molecule has 1 atom stereocenters. The van der Waals surface area contributed by atoms with Crippen molar-refractivity contribution in [3.8, 4) is 11.3 Å². The van der Waals surface area contributed by atoms with Crippen molar-refractivity contribution in [3.63, 3.8) is 0 Å². The molecule has 0 aliphatic carbocycles. The second-order valence-corrected chi connectivity index (χ2v) is 11.1. The van der Waals surface area contributed by atoms with Crippen molar-refractivity contribution in [3.05, 3.63) is 138 Å². The fraction of sp³-hybridized carbons (Fsp3) is 0.0645. The highest BCUT2D eigenvalue weighted by molar-refractivity contribution is 7.92. The molecule has 1 unspecified atom stereocenters. The minimum Gasteiger partial charge on any atom is -0.361 e. The second-order valence-electron chi connectivity index (χ2n) is 9.45. The summed E-state index contributed by atoms with van der Waals surface area (Å²) in [6, 6.07) is 25.0. The average Bonchev–Trinajstić information content (AvgIpc) is 3.42. The van der Waals surface area contributed by atoms with E-state index in [1.807, 2.05) is 60.8 Å². The minimum absolute atomic E-state index is 0.165. The van der Waals surface area contributed by atoms with Crippen molar-refractivity contribution >= 4 is 26.7 Å². The van der Waals surface area contributed by atoms with Gasteiger partial charge in [0.1, 0.15) is 5.69 Å². The van der Waals surface area contributed by atoms with Crippen LogP contribution in [0.4, 0.5) is 19.0 Å². The van der Waals surface area contributed by atoms with E-state index in [1.165, 1.54) is 18.5 Å². The second kappa shape index (κ2) is 10.7. The topological polar surface area (TPSA) is 101 Å². The fourth-order valence-electron chi connectivity index (χ4n) is 4.96. The molecule has 3 heterocycles. The van der Waals surface area contributed by atoms with Crippen molar-refractivity contribution in [1.82, 2.24) is 19.9 Å². The number of hydrogen-bond donors (Lipinski definition) is 2. The number of fused-ring (bicyclic) bond motifs is 1. The average molecular weight is 586 g/mol. The summed E-state index contributed by atoms with van der Waals surface area (Å²) in [5.74, 6) is -0.407. The molecule has 0 spiro atoms. The summed E-state index contributed by atoms with van der Waals surface area (Å²) in [6.45, 7) is 0. The molecule has 0 aliphatic heterocycles. The van der Waals surface area contributed by atoms with Gasteiger partial charge in [0.2, 0.25) is 0 Å². The molecule has 42 heavy (non-hydrogen) atoms. The summed E-state index contributed by atoms with van der Waals surface area (Å²) < 4.78 is 69.1. The van der Waals surface area contributed by atoms with Gasteiger partial charge in [0.25, 0.3) is 10.0 Å². The Bertz CT molecular complexity index is 1980. The summed E-state index contributed by atoms with van der Waals surface area (Å²) in [6.07, 6.45) is 1.49. The van der Waals surface area contributed by atoms with E-state index < -0.39 is 26.7 Å². The van der Waals surface area contributed by atoms with E-state index in [0.717, 1.165) is 45.9 Å². The van der Waals surface area contributed by atoms with E-state index >= 15 is 0 Å². The molecule has 0 bridgehead atoms. The van der Waals surface area contributed by atoms with Crippen molar-refractivity contribution in [2.24, 2.45) is 0 Å². The molecule has 3 aromatic carbocycles. The van der Waals surface area contributed by atoms with Crippen LogP contribution in [0.2, 0.25) is 0 Å². The molecule has 0 saturated carbocycles. The zero-order chi connectivity index (χ0) is 29.3. The molecule has 2 N–H and O–H groups in total. The molecule has 6 rings (SSSR count). The van der Waals surface area contributed by atoms with Crippen LogP contribution in [0.25, 0.3) is 22.2 Å². The SMILES string of the molecule is O=S(=O)(Nc1nccnc1-c1ccc(C(c2ccccn2)c2c[nH]c3ccccc23)cc1)c1ccccc1C(F)(F)F. The summed E-state index contributed by atoms with van der Waals surface area (Å²) in [5, 5.41) is 1.06. The molecule has 11 heteroatoms. The lowest BCUT2D eigenvalue weighted by Gasteiger charge is -2.18. The Morgan fingerprint density at radius 2 is 1.48 bits per heavy atom. The standard InChI is InChI=1S/C31H22F3N5O2S/c32-31(33,34)24-8-2-4-11-27(24)42(40,41)39-30-29(36-17-18-37-30)21-14-12-20(13-15-21)28(26-10-5-6-16-35-26)23-19-38-25-9-3-1-7-22(23)25/h1-19,28,38H,(H,37,39).